The zero-order valence-corrected chi connectivity index (χ0v) is 15.9. The SMILES string of the molecule is CC(C)(C)CC1(C(=O)OCOC2CC3CCC2C3)C(=S)C1(C)C. The van der Waals surface area contributed by atoms with Crippen molar-refractivity contribution < 1.29 is 14.3 Å². The Morgan fingerprint density at radius 3 is 2.35 bits per heavy atom. The van der Waals surface area contributed by atoms with Gasteiger partial charge in [0.1, 0.15) is 5.41 Å². The highest BCUT2D eigenvalue weighted by molar-refractivity contribution is 7.81. The summed E-state index contributed by atoms with van der Waals surface area (Å²) in [5, 5.41) is 0. The van der Waals surface area contributed by atoms with Gasteiger partial charge in [-0.05, 0) is 49.4 Å². The Morgan fingerprint density at radius 1 is 1.26 bits per heavy atom. The van der Waals surface area contributed by atoms with Crippen LogP contribution in [0.5, 0.6) is 0 Å². The van der Waals surface area contributed by atoms with Crippen molar-refractivity contribution in [3.63, 3.8) is 0 Å². The fourth-order valence-electron chi connectivity index (χ4n) is 4.90. The molecule has 4 heteroatoms. The fourth-order valence-corrected chi connectivity index (χ4v) is 5.43. The molecule has 4 unspecified atom stereocenters. The molecule has 3 saturated carbocycles. The Kier molecular flexibility index (Phi) is 4.16. The number of ether oxygens (including phenoxy) is 2. The van der Waals surface area contributed by atoms with Crippen LogP contribution in [0.3, 0.4) is 0 Å². The predicted molar refractivity (Wildman–Crippen MR) is 94.2 cm³/mol. The third kappa shape index (κ3) is 2.86. The molecule has 23 heavy (non-hydrogen) atoms. The lowest BCUT2D eigenvalue weighted by atomic mass is 9.79. The lowest BCUT2D eigenvalue weighted by Gasteiger charge is -2.27. The summed E-state index contributed by atoms with van der Waals surface area (Å²) in [6, 6.07) is 0. The lowest BCUT2D eigenvalue weighted by molar-refractivity contribution is -0.171. The van der Waals surface area contributed by atoms with E-state index in [4.69, 9.17) is 21.7 Å². The second-order valence-electron chi connectivity index (χ2n) is 9.53. The number of hydrogen-bond acceptors (Lipinski definition) is 4. The average molecular weight is 339 g/mol. The minimum Gasteiger partial charge on any atom is -0.438 e. The topological polar surface area (TPSA) is 35.5 Å². The van der Waals surface area contributed by atoms with E-state index in [-0.39, 0.29) is 23.6 Å². The van der Waals surface area contributed by atoms with Crippen LogP contribution in [0.1, 0.15) is 66.7 Å². The molecule has 3 nitrogen and oxygen atoms in total. The molecule has 0 N–H and O–H groups in total. The predicted octanol–water partition coefficient (Wildman–Crippen LogP) is 4.52. The van der Waals surface area contributed by atoms with Crippen molar-refractivity contribution in [2.45, 2.75) is 72.8 Å². The first kappa shape index (κ1) is 17.3. The molecule has 3 rings (SSSR count). The Labute approximate surface area is 145 Å². The van der Waals surface area contributed by atoms with Crippen LogP contribution < -0.4 is 0 Å². The van der Waals surface area contributed by atoms with Crippen molar-refractivity contribution in [1.29, 1.82) is 0 Å². The third-order valence-corrected chi connectivity index (χ3v) is 7.11. The van der Waals surface area contributed by atoms with Crippen LogP contribution in [0.4, 0.5) is 0 Å². The second-order valence-corrected chi connectivity index (χ2v) is 9.93. The molecule has 0 aromatic rings. The number of rotatable bonds is 5. The Hall–Kier alpha value is -0.480. The van der Waals surface area contributed by atoms with Crippen LogP contribution >= 0.6 is 12.2 Å². The Balaban J connectivity index is 1.56. The molecule has 0 saturated heterocycles. The van der Waals surface area contributed by atoms with Crippen LogP contribution in [0.2, 0.25) is 0 Å². The van der Waals surface area contributed by atoms with Gasteiger partial charge in [-0.3, -0.25) is 4.79 Å². The standard InChI is InChI=1S/C19H30O3S/c1-17(2,3)10-19(15(23)18(19,4)5)16(20)22-11-21-14-9-12-6-7-13(14)8-12/h12-14H,6-11H2,1-5H3. The molecular formula is C19H30O3S. The van der Waals surface area contributed by atoms with Gasteiger partial charge in [0.2, 0.25) is 0 Å². The molecule has 0 spiro atoms. The van der Waals surface area contributed by atoms with Crippen molar-refractivity contribution in [3.8, 4) is 0 Å². The van der Waals surface area contributed by atoms with Crippen LogP contribution in [0.25, 0.3) is 0 Å². The normalized spacial score (nSPS) is 38.0. The van der Waals surface area contributed by atoms with Gasteiger partial charge < -0.3 is 9.47 Å². The van der Waals surface area contributed by atoms with Crippen LogP contribution in [0, 0.1) is 28.1 Å². The Morgan fingerprint density at radius 2 is 1.91 bits per heavy atom. The molecule has 2 bridgehead atoms. The first-order valence-corrected chi connectivity index (χ1v) is 9.32. The molecule has 0 aromatic heterocycles. The molecule has 0 radical (unpaired) electrons. The van der Waals surface area contributed by atoms with Gasteiger partial charge in [0.05, 0.1) is 6.10 Å². The minimum atomic E-state index is -0.612. The van der Waals surface area contributed by atoms with E-state index >= 15 is 0 Å². The van der Waals surface area contributed by atoms with E-state index in [0.717, 1.165) is 23.6 Å². The first-order valence-electron chi connectivity index (χ1n) is 8.92. The highest BCUT2D eigenvalue weighted by atomic mass is 32.1. The summed E-state index contributed by atoms with van der Waals surface area (Å²) < 4.78 is 11.4. The molecule has 3 fully saturated rings. The maximum absolute atomic E-state index is 12.8. The largest absolute Gasteiger partial charge is 0.438 e. The number of esters is 1. The van der Waals surface area contributed by atoms with Crippen LogP contribution in [-0.2, 0) is 14.3 Å². The van der Waals surface area contributed by atoms with E-state index in [1.165, 1.54) is 19.3 Å². The fraction of sp³-hybridized carbons (Fsp3) is 0.895. The third-order valence-electron chi connectivity index (χ3n) is 6.25. The number of hydrogen-bond donors (Lipinski definition) is 0. The van der Waals surface area contributed by atoms with Gasteiger partial charge in [0, 0.05) is 10.3 Å². The summed E-state index contributed by atoms with van der Waals surface area (Å²) in [4.78, 5) is 13.6. The maximum atomic E-state index is 12.8. The molecule has 3 aliphatic carbocycles. The van der Waals surface area contributed by atoms with Crippen molar-refractivity contribution in [1.82, 2.24) is 0 Å². The molecule has 0 amide bonds. The lowest BCUT2D eigenvalue weighted by Crippen LogP contribution is -2.31. The Bertz CT molecular complexity index is 519. The summed E-state index contributed by atoms with van der Waals surface area (Å²) in [6.07, 6.45) is 6.08. The zero-order valence-electron chi connectivity index (χ0n) is 15.1. The molecule has 0 aromatic carbocycles. The summed E-state index contributed by atoms with van der Waals surface area (Å²) >= 11 is 5.52. The second kappa shape index (κ2) is 5.52. The highest BCUT2D eigenvalue weighted by Crippen LogP contribution is 2.65. The summed E-state index contributed by atoms with van der Waals surface area (Å²) in [5.41, 5.74) is -0.833. The zero-order chi connectivity index (χ0) is 17.0. The summed E-state index contributed by atoms with van der Waals surface area (Å²) in [6.45, 7) is 10.6. The molecular weight excluding hydrogens is 308 g/mol. The van der Waals surface area contributed by atoms with E-state index in [2.05, 4.69) is 34.6 Å². The van der Waals surface area contributed by atoms with Crippen molar-refractivity contribution >= 4 is 23.1 Å². The van der Waals surface area contributed by atoms with Crippen molar-refractivity contribution in [2.24, 2.45) is 28.1 Å². The quantitative estimate of drug-likeness (QED) is 0.419. The highest BCUT2D eigenvalue weighted by Gasteiger charge is 2.73. The molecule has 0 heterocycles. The van der Waals surface area contributed by atoms with E-state index in [1.807, 2.05) is 0 Å². The average Bonchev–Trinajstić information content (AvgIpc) is 2.90. The monoisotopic (exact) mass is 338 g/mol. The number of thiocarbonyl (C=S) groups is 1. The number of carbonyl (C=O) groups is 1. The number of fused-ring (bicyclic) bond motifs is 2. The van der Waals surface area contributed by atoms with Gasteiger partial charge in [-0.15, -0.1) is 0 Å². The van der Waals surface area contributed by atoms with E-state index in [1.54, 1.807) is 0 Å². The molecule has 4 atom stereocenters. The minimum absolute atomic E-state index is 0.0301. The number of carbonyl (C=O) groups excluding carboxylic acids is 1. The summed E-state index contributed by atoms with van der Waals surface area (Å²) in [5.74, 6) is 1.33. The van der Waals surface area contributed by atoms with Gasteiger partial charge in [-0.25, -0.2) is 0 Å². The van der Waals surface area contributed by atoms with Crippen LogP contribution in [0.15, 0.2) is 0 Å². The van der Waals surface area contributed by atoms with Crippen molar-refractivity contribution in [3.05, 3.63) is 0 Å². The maximum Gasteiger partial charge on any atom is 0.320 e. The first-order chi connectivity index (χ1) is 10.6. The van der Waals surface area contributed by atoms with E-state index in [9.17, 15) is 4.79 Å². The van der Waals surface area contributed by atoms with E-state index < -0.39 is 5.41 Å². The van der Waals surface area contributed by atoms with Gasteiger partial charge >= 0.3 is 5.97 Å². The smallest absolute Gasteiger partial charge is 0.320 e. The van der Waals surface area contributed by atoms with Gasteiger partial charge in [-0.2, -0.15) is 0 Å². The molecule has 130 valence electrons. The van der Waals surface area contributed by atoms with E-state index in [0.29, 0.717) is 12.0 Å². The van der Waals surface area contributed by atoms with Gasteiger partial charge in [-0.1, -0.05) is 46.8 Å². The molecule has 3 aliphatic rings. The molecule has 0 aliphatic heterocycles. The summed E-state index contributed by atoms with van der Waals surface area (Å²) in [7, 11) is 0. The van der Waals surface area contributed by atoms with Gasteiger partial charge in [0.15, 0.2) is 6.79 Å². The van der Waals surface area contributed by atoms with Gasteiger partial charge in [0.25, 0.3) is 0 Å². The van der Waals surface area contributed by atoms with Crippen molar-refractivity contribution in [2.75, 3.05) is 6.79 Å². The van der Waals surface area contributed by atoms with Crippen LogP contribution in [-0.4, -0.2) is 23.7 Å².